The summed E-state index contributed by atoms with van der Waals surface area (Å²) < 4.78 is 2.39. The summed E-state index contributed by atoms with van der Waals surface area (Å²) in [5.74, 6) is 0. The standard InChI is InChI=1S/C47H29N/c1-2-12-33(13-3-1)48-44-21-11-7-17-37(44)40-29-32(25-27-45(40)48)31-23-22-30-24-26-38-36-16-6-10-20-43(36)47(46(38)39(30)28-31)41-18-8-4-14-34(41)35-15-5-9-19-42(35)47/h1-29H. The van der Waals surface area contributed by atoms with Crippen molar-refractivity contribution in [1.29, 1.82) is 0 Å². The highest BCUT2D eigenvalue weighted by Crippen LogP contribution is 2.64. The van der Waals surface area contributed by atoms with Gasteiger partial charge in [0.1, 0.15) is 0 Å². The largest absolute Gasteiger partial charge is 0.309 e. The van der Waals surface area contributed by atoms with Gasteiger partial charge in [-0.2, -0.15) is 0 Å². The first kappa shape index (κ1) is 25.9. The van der Waals surface area contributed by atoms with E-state index in [1.54, 1.807) is 0 Å². The minimum absolute atomic E-state index is 0.371. The van der Waals surface area contributed by atoms with E-state index in [1.807, 2.05) is 0 Å². The molecular weight excluding hydrogens is 579 g/mol. The Morgan fingerprint density at radius 3 is 1.58 bits per heavy atom. The molecule has 0 atom stereocenters. The van der Waals surface area contributed by atoms with Crippen LogP contribution in [0.5, 0.6) is 0 Å². The molecule has 222 valence electrons. The molecule has 1 heteroatoms. The zero-order valence-corrected chi connectivity index (χ0v) is 26.2. The fraction of sp³-hybridized carbons (Fsp3) is 0.0213. The van der Waals surface area contributed by atoms with Gasteiger partial charge >= 0.3 is 0 Å². The van der Waals surface area contributed by atoms with Crippen LogP contribution in [-0.2, 0) is 5.41 Å². The molecule has 2 aliphatic carbocycles. The lowest BCUT2D eigenvalue weighted by Gasteiger charge is -2.31. The van der Waals surface area contributed by atoms with E-state index in [9.17, 15) is 0 Å². The normalized spacial score (nSPS) is 13.6. The summed E-state index contributed by atoms with van der Waals surface area (Å²) in [6, 6.07) is 65.4. The van der Waals surface area contributed by atoms with Gasteiger partial charge in [0.2, 0.25) is 0 Å². The average molecular weight is 608 g/mol. The van der Waals surface area contributed by atoms with Gasteiger partial charge < -0.3 is 4.57 Å². The number of hydrogen-bond donors (Lipinski definition) is 0. The predicted octanol–water partition coefficient (Wildman–Crippen LogP) is 11.9. The van der Waals surface area contributed by atoms with Crippen LogP contribution in [0, 0.1) is 0 Å². The van der Waals surface area contributed by atoms with Crippen LogP contribution in [-0.4, -0.2) is 4.57 Å². The van der Waals surface area contributed by atoms with Gasteiger partial charge in [-0.1, -0.05) is 140 Å². The van der Waals surface area contributed by atoms with Gasteiger partial charge in [-0.05, 0) is 103 Å². The molecule has 0 N–H and O–H groups in total. The maximum atomic E-state index is 2.46. The molecule has 1 spiro atoms. The van der Waals surface area contributed by atoms with Crippen molar-refractivity contribution in [2.45, 2.75) is 5.41 Å². The van der Waals surface area contributed by atoms with E-state index in [-0.39, 0.29) is 5.41 Å². The Bertz CT molecular complexity index is 2720. The molecule has 0 saturated carbocycles. The van der Waals surface area contributed by atoms with Gasteiger partial charge in [0.25, 0.3) is 0 Å². The van der Waals surface area contributed by atoms with Crippen molar-refractivity contribution in [2.75, 3.05) is 0 Å². The molecule has 11 rings (SSSR count). The topological polar surface area (TPSA) is 4.93 Å². The Kier molecular flexibility index (Phi) is 5.10. The van der Waals surface area contributed by atoms with Gasteiger partial charge in [0.05, 0.1) is 16.4 Å². The monoisotopic (exact) mass is 607 g/mol. The summed E-state index contributed by atoms with van der Waals surface area (Å²) in [4.78, 5) is 0. The summed E-state index contributed by atoms with van der Waals surface area (Å²) in [6.45, 7) is 0. The van der Waals surface area contributed by atoms with Crippen molar-refractivity contribution in [3.05, 3.63) is 198 Å². The van der Waals surface area contributed by atoms with Crippen LogP contribution < -0.4 is 0 Å². The number of para-hydroxylation sites is 2. The van der Waals surface area contributed by atoms with Crippen LogP contribution in [0.2, 0.25) is 0 Å². The molecule has 48 heavy (non-hydrogen) atoms. The Hall–Kier alpha value is -6.18. The first-order valence-electron chi connectivity index (χ1n) is 16.8. The Morgan fingerprint density at radius 1 is 0.354 bits per heavy atom. The van der Waals surface area contributed by atoms with E-state index in [4.69, 9.17) is 0 Å². The predicted molar refractivity (Wildman–Crippen MR) is 200 cm³/mol. The van der Waals surface area contributed by atoms with Gasteiger partial charge in [0.15, 0.2) is 0 Å². The molecule has 0 amide bonds. The maximum absolute atomic E-state index is 2.46. The van der Waals surface area contributed by atoms with Crippen LogP contribution in [0.25, 0.3) is 71.6 Å². The van der Waals surface area contributed by atoms with Crippen LogP contribution in [0.4, 0.5) is 0 Å². The first-order valence-corrected chi connectivity index (χ1v) is 16.8. The number of nitrogens with zero attached hydrogens (tertiary/aromatic N) is 1. The van der Waals surface area contributed by atoms with Crippen molar-refractivity contribution in [1.82, 2.24) is 4.57 Å². The van der Waals surface area contributed by atoms with E-state index >= 15 is 0 Å². The van der Waals surface area contributed by atoms with E-state index in [2.05, 4.69) is 180 Å². The molecule has 0 unspecified atom stereocenters. The van der Waals surface area contributed by atoms with E-state index in [0.29, 0.717) is 0 Å². The lowest BCUT2D eigenvalue weighted by atomic mass is 9.69. The smallest absolute Gasteiger partial charge is 0.0731 e. The third kappa shape index (κ3) is 3.21. The van der Waals surface area contributed by atoms with Crippen LogP contribution in [0.3, 0.4) is 0 Å². The van der Waals surface area contributed by atoms with E-state index in [0.717, 1.165) is 0 Å². The molecular formula is C47H29N. The van der Waals surface area contributed by atoms with Crippen LogP contribution in [0.15, 0.2) is 176 Å². The molecule has 1 heterocycles. The van der Waals surface area contributed by atoms with Crippen molar-refractivity contribution in [3.63, 3.8) is 0 Å². The van der Waals surface area contributed by atoms with Crippen molar-refractivity contribution in [3.8, 4) is 39.1 Å². The summed E-state index contributed by atoms with van der Waals surface area (Å²) in [5, 5.41) is 5.13. The molecule has 0 radical (unpaired) electrons. The summed E-state index contributed by atoms with van der Waals surface area (Å²) in [5.41, 5.74) is 16.6. The molecule has 0 aliphatic heterocycles. The van der Waals surface area contributed by atoms with E-state index in [1.165, 1.54) is 93.9 Å². The van der Waals surface area contributed by atoms with Crippen molar-refractivity contribution < 1.29 is 0 Å². The highest BCUT2D eigenvalue weighted by atomic mass is 15.0. The highest BCUT2D eigenvalue weighted by molar-refractivity contribution is 6.11. The summed E-state index contributed by atoms with van der Waals surface area (Å²) in [6.07, 6.45) is 0. The number of rotatable bonds is 2. The molecule has 1 aromatic heterocycles. The molecule has 8 aromatic carbocycles. The van der Waals surface area contributed by atoms with Crippen LogP contribution >= 0.6 is 0 Å². The maximum Gasteiger partial charge on any atom is 0.0731 e. The lowest BCUT2D eigenvalue weighted by Crippen LogP contribution is -2.26. The number of benzene rings is 8. The number of hydrogen-bond acceptors (Lipinski definition) is 0. The second kappa shape index (κ2) is 9.44. The van der Waals surface area contributed by atoms with Gasteiger partial charge in [-0.3, -0.25) is 0 Å². The molecule has 1 nitrogen and oxygen atoms in total. The number of aromatic nitrogens is 1. The zero-order valence-electron chi connectivity index (χ0n) is 26.2. The van der Waals surface area contributed by atoms with Gasteiger partial charge in [-0.25, -0.2) is 0 Å². The third-order valence-electron chi connectivity index (χ3n) is 11.0. The molecule has 2 aliphatic rings. The lowest BCUT2D eigenvalue weighted by molar-refractivity contribution is 0.801. The minimum atomic E-state index is -0.371. The fourth-order valence-electron chi connectivity index (χ4n) is 9.11. The fourth-order valence-corrected chi connectivity index (χ4v) is 9.11. The van der Waals surface area contributed by atoms with E-state index < -0.39 is 0 Å². The third-order valence-corrected chi connectivity index (χ3v) is 11.0. The quantitative estimate of drug-likeness (QED) is 0.184. The molecule has 0 bridgehead atoms. The average Bonchev–Trinajstić information content (AvgIpc) is 3.77. The number of fused-ring (bicyclic) bond motifs is 15. The molecule has 0 fully saturated rings. The first-order chi connectivity index (χ1) is 23.8. The Balaban J connectivity index is 1.20. The summed E-state index contributed by atoms with van der Waals surface area (Å²) in [7, 11) is 0. The Labute approximate surface area is 279 Å². The van der Waals surface area contributed by atoms with Gasteiger partial charge in [-0.15, -0.1) is 0 Å². The SMILES string of the molecule is c1ccc(-n2c3ccccc3c3cc(-c4ccc5ccc6c(c5c4)C4(c5ccccc5-c5ccccc54)c4ccccc4-6)ccc32)cc1. The Morgan fingerprint density at radius 2 is 0.875 bits per heavy atom. The second-order valence-electron chi connectivity index (χ2n) is 13.2. The molecule has 9 aromatic rings. The molecule has 0 saturated heterocycles. The summed E-state index contributed by atoms with van der Waals surface area (Å²) >= 11 is 0. The minimum Gasteiger partial charge on any atom is -0.309 e. The van der Waals surface area contributed by atoms with Gasteiger partial charge in [0, 0.05) is 16.5 Å². The second-order valence-corrected chi connectivity index (χ2v) is 13.2. The van der Waals surface area contributed by atoms with Crippen molar-refractivity contribution >= 4 is 32.6 Å². The zero-order chi connectivity index (χ0) is 31.4. The van der Waals surface area contributed by atoms with Crippen molar-refractivity contribution in [2.24, 2.45) is 0 Å². The van der Waals surface area contributed by atoms with Crippen LogP contribution in [0.1, 0.15) is 22.3 Å². The highest BCUT2D eigenvalue weighted by Gasteiger charge is 2.52.